The maximum absolute atomic E-state index is 12.9. The normalized spacial score (nSPS) is 19.0. The Bertz CT molecular complexity index is 471. The zero-order chi connectivity index (χ0) is 14.6. The van der Waals surface area contributed by atoms with Crippen LogP contribution in [0.2, 0.25) is 0 Å². The molecular formula is C15H22FN3S. The Morgan fingerprint density at radius 2 is 2.10 bits per heavy atom. The fraction of sp³-hybridized carbons (Fsp3) is 0.533. The number of nitrogens with one attached hydrogen (secondary N) is 1. The Balaban J connectivity index is 1.94. The van der Waals surface area contributed by atoms with Crippen LogP contribution in [0, 0.1) is 5.82 Å². The molecule has 1 aromatic carbocycles. The molecule has 110 valence electrons. The summed E-state index contributed by atoms with van der Waals surface area (Å²) in [5, 5.41) is 3.36. The molecule has 0 atom stereocenters. The van der Waals surface area contributed by atoms with Gasteiger partial charge in [0.25, 0.3) is 0 Å². The van der Waals surface area contributed by atoms with Crippen LogP contribution in [0.25, 0.3) is 0 Å². The quantitative estimate of drug-likeness (QED) is 0.671. The van der Waals surface area contributed by atoms with E-state index in [1.807, 2.05) is 18.8 Å². The van der Waals surface area contributed by atoms with Gasteiger partial charge in [-0.3, -0.25) is 4.99 Å². The van der Waals surface area contributed by atoms with E-state index in [4.69, 9.17) is 0 Å². The average molecular weight is 295 g/mol. The van der Waals surface area contributed by atoms with E-state index in [-0.39, 0.29) is 10.6 Å². The van der Waals surface area contributed by atoms with Crippen molar-refractivity contribution in [3.63, 3.8) is 0 Å². The Labute approximate surface area is 124 Å². The second kappa shape index (κ2) is 6.48. The standard InChI is InChI=1S/C15H22FN3S/c1-15(2)11-19(8-9-20-15)14(17-3)18-10-12-4-6-13(16)7-5-12/h4-7H,8-11H2,1-3H3,(H,17,18). The minimum absolute atomic E-state index is 0.201. The van der Waals surface area contributed by atoms with E-state index in [1.54, 1.807) is 12.1 Å². The zero-order valence-corrected chi connectivity index (χ0v) is 13.1. The van der Waals surface area contributed by atoms with Crippen molar-refractivity contribution in [1.82, 2.24) is 10.2 Å². The highest BCUT2D eigenvalue weighted by atomic mass is 32.2. The van der Waals surface area contributed by atoms with E-state index < -0.39 is 0 Å². The minimum Gasteiger partial charge on any atom is -0.352 e. The number of nitrogens with zero attached hydrogens (tertiary/aromatic N) is 2. The lowest BCUT2D eigenvalue weighted by molar-refractivity contribution is 0.375. The Kier molecular flexibility index (Phi) is 4.91. The number of guanidine groups is 1. The van der Waals surface area contributed by atoms with Crippen LogP contribution in [0.5, 0.6) is 0 Å². The molecule has 0 radical (unpaired) electrons. The molecule has 2 rings (SSSR count). The molecule has 20 heavy (non-hydrogen) atoms. The molecule has 0 unspecified atom stereocenters. The summed E-state index contributed by atoms with van der Waals surface area (Å²) in [6.45, 7) is 7.18. The van der Waals surface area contributed by atoms with E-state index in [9.17, 15) is 4.39 Å². The second-order valence-corrected chi connectivity index (χ2v) is 7.36. The first kappa shape index (κ1) is 15.2. The van der Waals surface area contributed by atoms with Crippen molar-refractivity contribution in [1.29, 1.82) is 0 Å². The molecule has 0 aliphatic carbocycles. The van der Waals surface area contributed by atoms with Gasteiger partial charge in [0.2, 0.25) is 0 Å². The predicted molar refractivity (Wildman–Crippen MR) is 84.7 cm³/mol. The lowest BCUT2D eigenvalue weighted by Gasteiger charge is -2.39. The second-order valence-electron chi connectivity index (χ2n) is 5.56. The smallest absolute Gasteiger partial charge is 0.193 e. The van der Waals surface area contributed by atoms with Gasteiger partial charge in [0.15, 0.2) is 5.96 Å². The van der Waals surface area contributed by atoms with Gasteiger partial charge in [-0.05, 0) is 31.5 Å². The minimum atomic E-state index is -0.201. The van der Waals surface area contributed by atoms with Crippen LogP contribution in [-0.2, 0) is 6.54 Å². The maximum Gasteiger partial charge on any atom is 0.193 e. The molecule has 0 bridgehead atoms. The Hall–Kier alpha value is -1.23. The van der Waals surface area contributed by atoms with E-state index in [0.29, 0.717) is 6.54 Å². The van der Waals surface area contributed by atoms with Gasteiger partial charge in [-0.15, -0.1) is 0 Å². The number of halogens is 1. The Morgan fingerprint density at radius 3 is 2.70 bits per heavy atom. The Morgan fingerprint density at radius 1 is 1.40 bits per heavy atom. The van der Waals surface area contributed by atoms with Crippen molar-refractivity contribution < 1.29 is 4.39 Å². The van der Waals surface area contributed by atoms with Crippen LogP contribution in [0.1, 0.15) is 19.4 Å². The predicted octanol–water partition coefficient (Wildman–Crippen LogP) is 2.73. The molecular weight excluding hydrogens is 273 g/mol. The van der Waals surface area contributed by atoms with Gasteiger partial charge in [0.1, 0.15) is 5.82 Å². The number of hydrogen-bond donors (Lipinski definition) is 1. The summed E-state index contributed by atoms with van der Waals surface area (Å²) < 4.78 is 13.1. The topological polar surface area (TPSA) is 27.6 Å². The van der Waals surface area contributed by atoms with Crippen LogP contribution >= 0.6 is 11.8 Å². The van der Waals surface area contributed by atoms with Gasteiger partial charge in [0.05, 0.1) is 0 Å². The highest BCUT2D eigenvalue weighted by molar-refractivity contribution is 8.00. The molecule has 1 aromatic rings. The van der Waals surface area contributed by atoms with Gasteiger partial charge in [-0.2, -0.15) is 11.8 Å². The summed E-state index contributed by atoms with van der Waals surface area (Å²) in [7, 11) is 1.81. The van der Waals surface area contributed by atoms with Crippen molar-refractivity contribution in [3.05, 3.63) is 35.6 Å². The summed E-state index contributed by atoms with van der Waals surface area (Å²) in [5.41, 5.74) is 1.05. The third kappa shape index (κ3) is 4.13. The van der Waals surface area contributed by atoms with E-state index in [1.165, 1.54) is 12.1 Å². The summed E-state index contributed by atoms with van der Waals surface area (Å²) in [6.07, 6.45) is 0. The molecule has 1 saturated heterocycles. The first-order valence-corrected chi connectivity index (χ1v) is 7.83. The summed E-state index contributed by atoms with van der Waals surface area (Å²) in [5.74, 6) is 1.83. The first-order chi connectivity index (χ1) is 9.50. The van der Waals surface area contributed by atoms with Crippen LogP contribution in [0.4, 0.5) is 4.39 Å². The van der Waals surface area contributed by atoms with Gasteiger partial charge in [0, 0.05) is 37.2 Å². The number of benzene rings is 1. The van der Waals surface area contributed by atoms with Crippen LogP contribution in [-0.4, -0.2) is 41.5 Å². The van der Waals surface area contributed by atoms with Crippen LogP contribution in [0.15, 0.2) is 29.3 Å². The van der Waals surface area contributed by atoms with Gasteiger partial charge in [-0.25, -0.2) is 4.39 Å². The molecule has 3 nitrogen and oxygen atoms in total. The number of rotatable bonds is 2. The van der Waals surface area contributed by atoms with Crippen molar-refractivity contribution in [2.45, 2.75) is 25.1 Å². The summed E-state index contributed by atoms with van der Waals surface area (Å²) in [6, 6.07) is 6.57. The molecule has 1 fully saturated rings. The number of thioether (sulfide) groups is 1. The van der Waals surface area contributed by atoms with Gasteiger partial charge >= 0.3 is 0 Å². The van der Waals surface area contributed by atoms with E-state index in [0.717, 1.165) is 30.4 Å². The van der Waals surface area contributed by atoms with Crippen molar-refractivity contribution in [2.24, 2.45) is 4.99 Å². The lowest BCUT2D eigenvalue weighted by Crippen LogP contribution is -2.50. The van der Waals surface area contributed by atoms with E-state index >= 15 is 0 Å². The van der Waals surface area contributed by atoms with Crippen molar-refractivity contribution >= 4 is 17.7 Å². The number of aliphatic imine (C=N–C) groups is 1. The molecule has 0 saturated carbocycles. The fourth-order valence-corrected chi connectivity index (χ4v) is 3.42. The zero-order valence-electron chi connectivity index (χ0n) is 12.3. The SMILES string of the molecule is CN=C(NCc1ccc(F)cc1)N1CCSC(C)(C)C1. The van der Waals surface area contributed by atoms with Gasteiger partial charge in [-0.1, -0.05) is 12.1 Å². The molecule has 0 spiro atoms. The third-order valence-electron chi connectivity index (χ3n) is 3.30. The van der Waals surface area contributed by atoms with Crippen molar-refractivity contribution in [2.75, 3.05) is 25.9 Å². The number of hydrogen-bond acceptors (Lipinski definition) is 2. The van der Waals surface area contributed by atoms with Gasteiger partial charge < -0.3 is 10.2 Å². The van der Waals surface area contributed by atoms with E-state index in [2.05, 4.69) is 29.1 Å². The van der Waals surface area contributed by atoms with Crippen molar-refractivity contribution in [3.8, 4) is 0 Å². The van der Waals surface area contributed by atoms with Crippen LogP contribution < -0.4 is 5.32 Å². The lowest BCUT2D eigenvalue weighted by atomic mass is 10.2. The van der Waals surface area contributed by atoms with Crippen LogP contribution in [0.3, 0.4) is 0 Å². The first-order valence-electron chi connectivity index (χ1n) is 6.84. The summed E-state index contributed by atoms with van der Waals surface area (Å²) >= 11 is 2.00. The summed E-state index contributed by atoms with van der Waals surface area (Å²) in [4.78, 5) is 6.65. The largest absolute Gasteiger partial charge is 0.352 e. The highest BCUT2D eigenvalue weighted by Crippen LogP contribution is 2.29. The third-order valence-corrected chi connectivity index (χ3v) is 4.60. The highest BCUT2D eigenvalue weighted by Gasteiger charge is 2.28. The average Bonchev–Trinajstić information content (AvgIpc) is 2.40. The molecule has 1 N–H and O–H groups in total. The monoisotopic (exact) mass is 295 g/mol. The molecule has 1 aliphatic heterocycles. The fourth-order valence-electron chi connectivity index (χ4n) is 2.31. The molecule has 5 heteroatoms. The molecule has 0 aromatic heterocycles. The molecule has 1 heterocycles. The molecule has 0 amide bonds. The maximum atomic E-state index is 12.9. The molecule has 1 aliphatic rings.